The van der Waals surface area contributed by atoms with Gasteiger partial charge in [0.05, 0.1) is 23.7 Å². The van der Waals surface area contributed by atoms with E-state index < -0.39 is 16.0 Å². The average Bonchev–Trinajstić information content (AvgIpc) is 2.67. The van der Waals surface area contributed by atoms with Gasteiger partial charge in [-0.1, -0.05) is 19.9 Å². The number of amides is 1. The van der Waals surface area contributed by atoms with Crippen molar-refractivity contribution in [3.63, 3.8) is 0 Å². The fraction of sp³-hybridized carbons (Fsp3) is 0.529. The summed E-state index contributed by atoms with van der Waals surface area (Å²) in [5.41, 5.74) is 0.0907. The van der Waals surface area contributed by atoms with Gasteiger partial charge in [-0.2, -0.15) is 4.31 Å². The number of carbonyl (C=O) groups excluding carboxylic acids is 2. The van der Waals surface area contributed by atoms with Crippen LogP contribution in [-0.4, -0.2) is 75.5 Å². The Balaban J connectivity index is 2.04. The normalized spacial score (nSPS) is 15.1. The van der Waals surface area contributed by atoms with Gasteiger partial charge in [-0.25, -0.2) is 13.2 Å². The molecule has 9 heteroatoms. The summed E-state index contributed by atoms with van der Waals surface area (Å²) < 4.78 is 36.6. The van der Waals surface area contributed by atoms with Crippen LogP contribution < -0.4 is 0 Å². The van der Waals surface area contributed by atoms with Crippen LogP contribution in [0.2, 0.25) is 0 Å². The Morgan fingerprint density at radius 3 is 2.46 bits per heavy atom. The van der Waals surface area contributed by atoms with Gasteiger partial charge in [-0.15, -0.1) is 0 Å². The van der Waals surface area contributed by atoms with Crippen molar-refractivity contribution in [2.45, 2.75) is 18.7 Å². The lowest BCUT2D eigenvalue weighted by Crippen LogP contribution is -2.42. The van der Waals surface area contributed by atoms with E-state index in [-0.39, 0.29) is 23.0 Å². The first-order chi connectivity index (χ1) is 12.4. The molecule has 1 aliphatic heterocycles. The highest BCUT2D eigenvalue weighted by atomic mass is 32.2. The third-order valence-corrected chi connectivity index (χ3v) is 6.15. The zero-order valence-corrected chi connectivity index (χ0v) is 15.8. The van der Waals surface area contributed by atoms with E-state index in [2.05, 4.69) is 0 Å². The topological polar surface area (TPSA) is 93.2 Å². The van der Waals surface area contributed by atoms with Gasteiger partial charge in [-0.3, -0.25) is 4.79 Å². The number of nitrogens with zero attached hydrogens (tertiary/aromatic N) is 2. The van der Waals surface area contributed by atoms with E-state index in [1.54, 1.807) is 18.7 Å². The molecule has 0 saturated carbocycles. The zero-order chi connectivity index (χ0) is 19.2. The lowest BCUT2D eigenvalue weighted by Gasteiger charge is -2.26. The third-order valence-electron chi connectivity index (χ3n) is 4.10. The highest BCUT2D eigenvalue weighted by Gasteiger charge is 2.23. The number of rotatable bonds is 7. The molecule has 144 valence electrons. The lowest BCUT2D eigenvalue weighted by atomic mass is 10.2. The van der Waals surface area contributed by atoms with Crippen molar-refractivity contribution in [3.05, 3.63) is 29.8 Å². The first-order valence-electron chi connectivity index (χ1n) is 8.53. The van der Waals surface area contributed by atoms with Crippen molar-refractivity contribution in [3.8, 4) is 0 Å². The average molecular weight is 384 g/mol. The largest absolute Gasteiger partial charge is 0.452 e. The number of hydrogen-bond donors (Lipinski definition) is 0. The van der Waals surface area contributed by atoms with Crippen molar-refractivity contribution >= 4 is 21.9 Å². The van der Waals surface area contributed by atoms with Crippen molar-refractivity contribution < 1.29 is 27.5 Å². The van der Waals surface area contributed by atoms with Crippen molar-refractivity contribution in [2.24, 2.45) is 0 Å². The van der Waals surface area contributed by atoms with E-state index in [0.717, 1.165) is 0 Å². The molecule has 1 aliphatic rings. The summed E-state index contributed by atoms with van der Waals surface area (Å²) >= 11 is 0. The van der Waals surface area contributed by atoms with Crippen LogP contribution in [0.25, 0.3) is 0 Å². The minimum absolute atomic E-state index is 0.0233. The number of morpholine rings is 1. The van der Waals surface area contributed by atoms with Gasteiger partial charge in [0.25, 0.3) is 5.91 Å². The molecule has 2 rings (SSSR count). The molecular weight excluding hydrogens is 360 g/mol. The molecule has 0 unspecified atom stereocenters. The molecule has 0 radical (unpaired) electrons. The van der Waals surface area contributed by atoms with Crippen LogP contribution in [0.15, 0.2) is 29.2 Å². The van der Waals surface area contributed by atoms with E-state index in [9.17, 15) is 18.0 Å². The minimum Gasteiger partial charge on any atom is -0.452 e. The number of benzene rings is 1. The van der Waals surface area contributed by atoms with Gasteiger partial charge < -0.3 is 14.4 Å². The summed E-state index contributed by atoms with van der Waals surface area (Å²) in [4.78, 5) is 25.8. The molecule has 0 aromatic heterocycles. The monoisotopic (exact) mass is 384 g/mol. The van der Waals surface area contributed by atoms with Gasteiger partial charge in [0, 0.05) is 26.2 Å². The van der Waals surface area contributed by atoms with Gasteiger partial charge >= 0.3 is 5.97 Å². The summed E-state index contributed by atoms with van der Waals surface area (Å²) in [5, 5.41) is 0. The van der Waals surface area contributed by atoms with Crippen LogP contribution in [0.4, 0.5) is 0 Å². The van der Waals surface area contributed by atoms with Crippen molar-refractivity contribution in [2.75, 3.05) is 46.0 Å². The SMILES string of the molecule is CCN(CC)S(=O)(=O)c1cccc(C(=O)OCC(=O)N2CCOCC2)c1. The molecule has 8 nitrogen and oxygen atoms in total. The molecule has 0 bridgehead atoms. The maximum absolute atomic E-state index is 12.5. The van der Waals surface area contributed by atoms with Crippen LogP contribution in [0, 0.1) is 0 Å². The maximum atomic E-state index is 12.5. The number of ether oxygens (including phenoxy) is 2. The molecule has 0 spiro atoms. The Bertz CT molecular complexity index is 739. The number of hydrogen-bond acceptors (Lipinski definition) is 6. The smallest absolute Gasteiger partial charge is 0.338 e. The van der Waals surface area contributed by atoms with Crippen LogP contribution >= 0.6 is 0 Å². The Kier molecular flexibility index (Phi) is 7.13. The molecule has 1 aromatic rings. The molecule has 26 heavy (non-hydrogen) atoms. The number of esters is 1. The summed E-state index contributed by atoms with van der Waals surface area (Å²) in [7, 11) is -3.67. The molecule has 1 aromatic carbocycles. The Hall–Kier alpha value is -1.97. The van der Waals surface area contributed by atoms with E-state index in [0.29, 0.717) is 39.4 Å². The second-order valence-corrected chi connectivity index (χ2v) is 7.62. The first kappa shape index (κ1) is 20.3. The van der Waals surface area contributed by atoms with E-state index in [1.807, 2.05) is 0 Å². The molecule has 1 fully saturated rings. The van der Waals surface area contributed by atoms with E-state index in [4.69, 9.17) is 9.47 Å². The van der Waals surface area contributed by atoms with Gasteiger partial charge in [0.15, 0.2) is 6.61 Å². The summed E-state index contributed by atoms with van der Waals surface area (Å²) in [6.45, 7) is 5.64. The minimum atomic E-state index is -3.67. The molecule has 1 amide bonds. The molecule has 0 N–H and O–H groups in total. The van der Waals surface area contributed by atoms with Crippen LogP contribution in [0.5, 0.6) is 0 Å². The molecule has 0 aliphatic carbocycles. The highest BCUT2D eigenvalue weighted by molar-refractivity contribution is 7.89. The Morgan fingerprint density at radius 2 is 1.85 bits per heavy atom. The summed E-state index contributed by atoms with van der Waals surface area (Å²) in [6, 6.07) is 5.65. The summed E-state index contributed by atoms with van der Waals surface area (Å²) in [5.74, 6) is -1.03. The van der Waals surface area contributed by atoms with Crippen LogP contribution in [0.1, 0.15) is 24.2 Å². The first-order valence-corrected chi connectivity index (χ1v) is 9.97. The van der Waals surface area contributed by atoms with Gasteiger partial charge in [0.2, 0.25) is 10.0 Å². The fourth-order valence-corrected chi connectivity index (χ4v) is 4.12. The number of sulfonamides is 1. The molecule has 0 atom stereocenters. The van der Waals surface area contributed by atoms with E-state index >= 15 is 0 Å². The predicted octanol–water partition coefficient (Wildman–Crippen LogP) is 0.733. The molecule has 1 heterocycles. The molecule has 1 saturated heterocycles. The van der Waals surface area contributed by atoms with E-state index in [1.165, 1.54) is 28.6 Å². The second kappa shape index (κ2) is 9.11. The summed E-state index contributed by atoms with van der Waals surface area (Å²) in [6.07, 6.45) is 0. The highest BCUT2D eigenvalue weighted by Crippen LogP contribution is 2.17. The zero-order valence-electron chi connectivity index (χ0n) is 15.0. The van der Waals surface area contributed by atoms with Crippen LogP contribution in [-0.2, 0) is 24.3 Å². The van der Waals surface area contributed by atoms with Crippen molar-refractivity contribution in [1.29, 1.82) is 0 Å². The Labute approximate surface area is 153 Å². The fourth-order valence-electron chi connectivity index (χ4n) is 2.61. The quantitative estimate of drug-likeness (QED) is 0.644. The predicted molar refractivity (Wildman–Crippen MR) is 94.2 cm³/mol. The van der Waals surface area contributed by atoms with Gasteiger partial charge in [-0.05, 0) is 18.2 Å². The molecular formula is C17H24N2O6S. The van der Waals surface area contributed by atoms with Gasteiger partial charge in [0.1, 0.15) is 0 Å². The lowest BCUT2D eigenvalue weighted by molar-refractivity contribution is -0.138. The van der Waals surface area contributed by atoms with Crippen LogP contribution in [0.3, 0.4) is 0 Å². The Morgan fingerprint density at radius 1 is 1.19 bits per heavy atom. The van der Waals surface area contributed by atoms with Crippen molar-refractivity contribution in [1.82, 2.24) is 9.21 Å². The second-order valence-electron chi connectivity index (χ2n) is 5.69. The third kappa shape index (κ3) is 4.80. The number of carbonyl (C=O) groups is 2. The maximum Gasteiger partial charge on any atom is 0.338 e. The standard InChI is InChI=1S/C17H24N2O6S/c1-3-19(4-2)26(22,23)15-7-5-6-14(12-15)17(21)25-13-16(20)18-8-10-24-11-9-18/h5-7,12H,3-4,8-11,13H2,1-2H3.